The Morgan fingerprint density at radius 3 is 2.45 bits per heavy atom. The molecule has 0 aromatic heterocycles. The highest BCUT2D eigenvalue weighted by molar-refractivity contribution is 7.89. The summed E-state index contributed by atoms with van der Waals surface area (Å²) in [6.07, 6.45) is 1.83. The van der Waals surface area contributed by atoms with E-state index >= 15 is 0 Å². The highest BCUT2D eigenvalue weighted by atomic mass is 35.5. The van der Waals surface area contributed by atoms with Gasteiger partial charge in [-0.15, -0.1) is 0 Å². The van der Waals surface area contributed by atoms with E-state index in [1.54, 1.807) is 11.0 Å². The minimum Gasteiger partial charge on any atom is -0.488 e. The minimum absolute atomic E-state index is 0.0100. The third-order valence-electron chi connectivity index (χ3n) is 4.97. The summed E-state index contributed by atoms with van der Waals surface area (Å²) in [5.74, 6) is 0.607. The summed E-state index contributed by atoms with van der Waals surface area (Å²) < 4.78 is 32.8. The van der Waals surface area contributed by atoms with E-state index < -0.39 is 10.0 Å². The van der Waals surface area contributed by atoms with Crippen molar-refractivity contribution in [1.82, 2.24) is 9.21 Å². The first-order valence-corrected chi connectivity index (χ1v) is 11.2. The van der Waals surface area contributed by atoms with Gasteiger partial charge in [0.15, 0.2) is 0 Å². The van der Waals surface area contributed by atoms with Crippen LogP contribution in [0.3, 0.4) is 0 Å². The number of para-hydroxylation sites is 1. The van der Waals surface area contributed by atoms with Crippen LogP contribution in [0, 0.1) is 0 Å². The van der Waals surface area contributed by atoms with Crippen molar-refractivity contribution in [3.63, 3.8) is 0 Å². The third-order valence-corrected chi connectivity index (χ3v) is 7.84. The third kappa shape index (κ3) is 3.88. The van der Waals surface area contributed by atoms with Crippen LogP contribution in [0.25, 0.3) is 6.08 Å². The van der Waals surface area contributed by atoms with E-state index in [1.165, 1.54) is 16.4 Å². The van der Waals surface area contributed by atoms with Crippen molar-refractivity contribution in [2.45, 2.75) is 4.90 Å². The van der Waals surface area contributed by atoms with Crippen molar-refractivity contribution < 1.29 is 17.9 Å². The van der Waals surface area contributed by atoms with Gasteiger partial charge in [0.2, 0.25) is 10.0 Å². The lowest BCUT2D eigenvalue weighted by Gasteiger charge is -2.35. The molecule has 0 saturated carbocycles. The van der Waals surface area contributed by atoms with Crippen LogP contribution < -0.4 is 4.74 Å². The molecule has 2 aliphatic rings. The molecule has 4 rings (SSSR count). The Labute approximate surface area is 179 Å². The van der Waals surface area contributed by atoms with Crippen LogP contribution in [0.2, 0.25) is 10.0 Å². The number of amides is 1. The summed E-state index contributed by atoms with van der Waals surface area (Å²) in [4.78, 5) is 14.5. The second kappa shape index (κ2) is 7.99. The number of carbonyl (C=O) groups is 1. The Bertz CT molecular complexity index is 1090. The molecule has 2 aromatic rings. The van der Waals surface area contributed by atoms with E-state index in [9.17, 15) is 13.2 Å². The van der Waals surface area contributed by atoms with E-state index in [0.717, 1.165) is 11.3 Å². The number of carbonyl (C=O) groups excluding carboxylic acids is 1. The van der Waals surface area contributed by atoms with E-state index in [2.05, 4.69) is 0 Å². The van der Waals surface area contributed by atoms with Crippen LogP contribution in [0.5, 0.6) is 5.75 Å². The fraction of sp³-hybridized carbons (Fsp3) is 0.250. The summed E-state index contributed by atoms with van der Waals surface area (Å²) >= 11 is 12.1. The average molecular weight is 453 g/mol. The number of hydrogen-bond donors (Lipinski definition) is 0. The van der Waals surface area contributed by atoms with Crippen molar-refractivity contribution in [3.8, 4) is 5.75 Å². The number of fused-ring (bicyclic) bond motifs is 1. The van der Waals surface area contributed by atoms with Crippen molar-refractivity contribution in [1.29, 1.82) is 0 Å². The van der Waals surface area contributed by atoms with E-state index in [-0.39, 0.29) is 53.6 Å². The van der Waals surface area contributed by atoms with Gasteiger partial charge in [-0.25, -0.2) is 8.42 Å². The molecular weight excluding hydrogens is 435 g/mol. The van der Waals surface area contributed by atoms with E-state index in [1.807, 2.05) is 30.3 Å². The lowest BCUT2D eigenvalue weighted by Crippen LogP contribution is -2.51. The van der Waals surface area contributed by atoms with Crippen LogP contribution in [0.1, 0.15) is 5.56 Å². The molecule has 0 spiro atoms. The van der Waals surface area contributed by atoms with E-state index in [4.69, 9.17) is 27.9 Å². The lowest BCUT2D eigenvalue weighted by molar-refractivity contribution is -0.128. The molecule has 0 radical (unpaired) electrons. The molecule has 6 nitrogen and oxygen atoms in total. The number of halogens is 2. The van der Waals surface area contributed by atoms with Gasteiger partial charge in [0, 0.05) is 31.7 Å². The molecule has 152 valence electrons. The molecule has 0 atom stereocenters. The zero-order valence-corrected chi connectivity index (χ0v) is 17.7. The number of piperazine rings is 1. The van der Waals surface area contributed by atoms with Crippen molar-refractivity contribution in [3.05, 3.63) is 63.6 Å². The summed E-state index contributed by atoms with van der Waals surface area (Å²) in [5, 5.41) is 0.196. The SMILES string of the molecule is O=C(C1=Cc2ccccc2OC1)N1CCN(S(=O)(=O)c2cccc(Cl)c2Cl)CC1. The Hall–Kier alpha value is -2.06. The van der Waals surface area contributed by atoms with Crippen LogP contribution in [0.4, 0.5) is 0 Å². The minimum atomic E-state index is -3.79. The molecule has 1 saturated heterocycles. The number of rotatable bonds is 3. The van der Waals surface area contributed by atoms with Gasteiger partial charge >= 0.3 is 0 Å². The summed E-state index contributed by atoms with van der Waals surface area (Å²) in [7, 11) is -3.79. The van der Waals surface area contributed by atoms with Crippen molar-refractivity contribution in [2.24, 2.45) is 0 Å². The Morgan fingerprint density at radius 2 is 1.69 bits per heavy atom. The first kappa shape index (κ1) is 20.2. The van der Waals surface area contributed by atoms with Crippen molar-refractivity contribution >= 4 is 45.2 Å². The summed E-state index contributed by atoms with van der Waals surface area (Å²) in [5.41, 5.74) is 1.41. The zero-order valence-electron chi connectivity index (χ0n) is 15.3. The lowest BCUT2D eigenvalue weighted by atomic mass is 10.1. The quantitative estimate of drug-likeness (QED) is 0.716. The molecule has 2 aromatic carbocycles. The monoisotopic (exact) mass is 452 g/mol. The molecule has 1 amide bonds. The topological polar surface area (TPSA) is 66.9 Å². The van der Waals surface area contributed by atoms with Crippen molar-refractivity contribution in [2.75, 3.05) is 32.8 Å². The largest absolute Gasteiger partial charge is 0.488 e. The van der Waals surface area contributed by atoms with Gasteiger partial charge in [0.05, 0.1) is 15.6 Å². The number of sulfonamides is 1. The standard InChI is InChI=1S/C20H18Cl2N2O4S/c21-16-5-3-7-18(19(16)22)29(26,27)24-10-8-23(9-11-24)20(25)15-12-14-4-1-2-6-17(14)28-13-15/h1-7,12H,8-11,13H2. The first-order chi connectivity index (χ1) is 13.9. The Kier molecular flexibility index (Phi) is 5.57. The van der Waals surface area contributed by atoms with Gasteiger partial charge in [-0.3, -0.25) is 4.79 Å². The summed E-state index contributed by atoms with van der Waals surface area (Å²) in [6, 6.07) is 12.0. The second-order valence-electron chi connectivity index (χ2n) is 6.74. The molecule has 0 unspecified atom stereocenters. The molecule has 2 heterocycles. The normalized spacial score (nSPS) is 17.3. The smallest absolute Gasteiger partial charge is 0.253 e. The molecule has 0 bridgehead atoms. The predicted octanol–water partition coefficient (Wildman–Crippen LogP) is 3.30. The fourth-order valence-electron chi connectivity index (χ4n) is 3.40. The molecule has 1 fully saturated rings. The van der Waals surface area contributed by atoms with Crippen LogP contribution in [0.15, 0.2) is 52.9 Å². The highest BCUT2D eigenvalue weighted by Crippen LogP contribution is 2.31. The van der Waals surface area contributed by atoms with Gasteiger partial charge in [-0.1, -0.05) is 47.5 Å². The van der Waals surface area contributed by atoms with Gasteiger partial charge in [0.25, 0.3) is 5.91 Å². The van der Waals surface area contributed by atoms with Gasteiger partial charge in [-0.05, 0) is 24.3 Å². The maximum atomic E-state index is 12.9. The number of benzene rings is 2. The second-order valence-corrected chi connectivity index (χ2v) is 9.44. The maximum Gasteiger partial charge on any atom is 0.253 e. The predicted molar refractivity (Wildman–Crippen MR) is 112 cm³/mol. The maximum absolute atomic E-state index is 12.9. The Morgan fingerprint density at radius 1 is 0.966 bits per heavy atom. The van der Waals surface area contributed by atoms with Gasteiger partial charge < -0.3 is 9.64 Å². The average Bonchev–Trinajstić information content (AvgIpc) is 2.74. The van der Waals surface area contributed by atoms with Crippen LogP contribution >= 0.6 is 23.2 Å². The van der Waals surface area contributed by atoms with E-state index in [0.29, 0.717) is 5.57 Å². The molecule has 0 N–H and O–H groups in total. The molecular formula is C20H18Cl2N2O4S. The number of nitrogens with zero attached hydrogens (tertiary/aromatic N) is 2. The molecule has 0 aliphatic carbocycles. The Balaban J connectivity index is 1.46. The molecule has 2 aliphatic heterocycles. The van der Waals surface area contributed by atoms with Crippen LogP contribution in [-0.4, -0.2) is 56.3 Å². The summed E-state index contributed by atoms with van der Waals surface area (Å²) in [6.45, 7) is 1.14. The van der Waals surface area contributed by atoms with Gasteiger partial charge in [0.1, 0.15) is 17.3 Å². The zero-order chi connectivity index (χ0) is 20.6. The highest BCUT2D eigenvalue weighted by Gasteiger charge is 2.33. The number of hydrogen-bond acceptors (Lipinski definition) is 4. The van der Waals surface area contributed by atoms with Crippen LogP contribution in [-0.2, 0) is 14.8 Å². The molecule has 29 heavy (non-hydrogen) atoms. The van der Waals surface area contributed by atoms with Gasteiger partial charge in [-0.2, -0.15) is 4.31 Å². The molecule has 9 heteroatoms. The fourth-order valence-corrected chi connectivity index (χ4v) is 5.55. The number of ether oxygens (including phenoxy) is 1. The first-order valence-electron chi connectivity index (χ1n) is 9.04.